The minimum Gasteiger partial charge on any atom is -0.340 e. The van der Waals surface area contributed by atoms with Crippen LogP contribution >= 0.6 is 0 Å². The fourth-order valence-corrected chi connectivity index (χ4v) is 3.73. The van der Waals surface area contributed by atoms with E-state index >= 15 is 0 Å². The first-order valence-electron chi connectivity index (χ1n) is 9.64. The zero-order valence-electron chi connectivity index (χ0n) is 15.6. The Labute approximate surface area is 159 Å². The van der Waals surface area contributed by atoms with Crippen molar-refractivity contribution in [2.45, 2.75) is 44.7 Å². The van der Waals surface area contributed by atoms with E-state index in [0.717, 1.165) is 32.4 Å². The quantitative estimate of drug-likeness (QED) is 0.813. The molecule has 1 aliphatic rings. The second-order valence-corrected chi connectivity index (χ2v) is 7.07. The van der Waals surface area contributed by atoms with Gasteiger partial charge in [0.05, 0.1) is 12.1 Å². The summed E-state index contributed by atoms with van der Waals surface area (Å²) in [5, 5.41) is 3.16. The van der Waals surface area contributed by atoms with Gasteiger partial charge in [0, 0.05) is 13.1 Å². The van der Waals surface area contributed by atoms with Crippen LogP contribution in [0.4, 0.5) is 8.78 Å². The molecular formula is C22H26F2N2O. The van der Waals surface area contributed by atoms with E-state index in [1.165, 1.54) is 30.7 Å². The third-order valence-corrected chi connectivity index (χ3v) is 5.20. The number of carbonyl (C=O) groups is 1. The Morgan fingerprint density at radius 1 is 0.926 bits per heavy atom. The maximum Gasteiger partial charge on any atom is 0.233 e. The lowest BCUT2D eigenvalue weighted by molar-refractivity contribution is -0.123. The molecule has 0 radical (unpaired) electrons. The van der Waals surface area contributed by atoms with Gasteiger partial charge in [-0.25, -0.2) is 8.78 Å². The predicted molar refractivity (Wildman–Crippen MR) is 102 cm³/mol. The zero-order valence-corrected chi connectivity index (χ0v) is 15.6. The van der Waals surface area contributed by atoms with E-state index in [0.29, 0.717) is 11.1 Å². The van der Waals surface area contributed by atoms with Crippen molar-refractivity contribution in [2.75, 3.05) is 13.1 Å². The maximum atomic E-state index is 13.4. The highest BCUT2D eigenvalue weighted by Crippen LogP contribution is 2.26. The number of likely N-dealkylation sites (tertiary alicyclic amines) is 1. The van der Waals surface area contributed by atoms with Crippen molar-refractivity contribution in [1.29, 1.82) is 0 Å². The van der Waals surface area contributed by atoms with Crippen LogP contribution in [0.15, 0.2) is 48.5 Å². The van der Waals surface area contributed by atoms with Gasteiger partial charge in [-0.1, -0.05) is 37.6 Å². The van der Waals surface area contributed by atoms with Gasteiger partial charge in [0.2, 0.25) is 5.91 Å². The number of nitrogens with zero attached hydrogens (tertiary/aromatic N) is 1. The number of amides is 1. The van der Waals surface area contributed by atoms with Crippen molar-refractivity contribution in [3.05, 3.63) is 71.3 Å². The fraction of sp³-hybridized carbons (Fsp3) is 0.409. The van der Waals surface area contributed by atoms with Crippen molar-refractivity contribution in [3.8, 4) is 0 Å². The highest BCUT2D eigenvalue weighted by molar-refractivity contribution is 5.87. The average Bonchev–Trinajstić information content (AvgIpc) is 2.70. The van der Waals surface area contributed by atoms with Gasteiger partial charge < -0.3 is 5.32 Å². The van der Waals surface area contributed by atoms with E-state index in [1.54, 1.807) is 24.3 Å². The highest BCUT2D eigenvalue weighted by Gasteiger charge is 2.27. The van der Waals surface area contributed by atoms with E-state index in [9.17, 15) is 13.6 Å². The van der Waals surface area contributed by atoms with Gasteiger partial charge in [-0.2, -0.15) is 0 Å². The molecule has 0 aliphatic carbocycles. The maximum absolute atomic E-state index is 13.4. The van der Waals surface area contributed by atoms with Gasteiger partial charge in [-0.3, -0.25) is 9.69 Å². The number of hydrogen-bond donors (Lipinski definition) is 1. The minimum absolute atomic E-state index is 0.0267. The summed E-state index contributed by atoms with van der Waals surface area (Å²) < 4.78 is 26.7. The van der Waals surface area contributed by atoms with E-state index in [4.69, 9.17) is 0 Å². The van der Waals surface area contributed by atoms with Crippen LogP contribution in [0.5, 0.6) is 0 Å². The van der Waals surface area contributed by atoms with E-state index in [2.05, 4.69) is 17.1 Å². The molecular weight excluding hydrogens is 346 g/mol. The molecule has 0 spiro atoms. The molecule has 1 heterocycles. The van der Waals surface area contributed by atoms with Gasteiger partial charge in [-0.15, -0.1) is 0 Å². The summed E-state index contributed by atoms with van der Waals surface area (Å²) in [4.78, 5) is 15.5. The van der Waals surface area contributed by atoms with Crippen LogP contribution in [-0.2, 0) is 4.79 Å². The van der Waals surface area contributed by atoms with Crippen LogP contribution in [0.25, 0.3) is 0 Å². The largest absolute Gasteiger partial charge is 0.340 e. The molecule has 27 heavy (non-hydrogen) atoms. The summed E-state index contributed by atoms with van der Waals surface area (Å²) in [6.45, 7) is 4.03. The third kappa shape index (κ3) is 4.92. The summed E-state index contributed by atoms with van der Waals surface area (Å²) >= 11 is 0. The first kappa shape index (κ1) is 19.5. The van der Waals surface area contributed by atoms with Gasteiger partial charge in [0.15, 0.2) is 0 Å². The number of nitrogens with one attached hydrogen (secondary N) is 1. The fourth-order valence-electron chi connectivity index (χ4n) is 3.73. The molecule has 144 valence electrons. The number of carbonyl (C=O) groups excluding carboxylic acids is 1. The number of halogens is 2. The molecule has 3 rings (SSSR count). The van der Waals surface area contributed by atoms with Gasteiger partial charge >= 0.3 is 0 Å². The molecule has 0 aromatic heterocycles. The van der Waals surface area contributed by atoms with Crippen molar-refractivity contribution < 1.29 is 13.6 Å². The molecule has 1 saturated heterocycles. The molecule has 5 heteroatoms. The number of hydrogen-bond acceptors (Lipinski definition) is 2. The Morgan fingerprint density at radius 2 is 1.41 bits per heavy atom. The van der Waals surface area contributed by atoms with E-state index in [1.807, 2.05) is 0 Å². The second-order valence-electron chi connectivity index (χ2n) is 7.07. The lowest BCUT2D eigenvalue weighted by atomic mass is 9.90. The summed E-state index contributed by atoms with van der Waals surface area (Å²) in [6.07, 6.45) is 4.30. The number of rotatable bonds is 6. The molecule has 2 aromatic carbocycles. The normalized spacial score (nSPS) is 16.3. The predicted octanol–water partition coefficient (Wildman–Crippen LogP) is 4.43. The minimum atomic E-state index is -0.606. The van der Waals surface area contributed by atoms with Crippen molar-refractivity contribution in [3.63, 3.8) is 0 Å². The van der Waals surface area contributed by atoms with Gasteiger partial charge in [0.25, 0.3) is 0 Å². The molecule has 1 atom stereocenters. The Morgan fingerprint density at radius 3 is 1.85 bits per heavy atom. The Kier molecular flexibility index (Phi) is 6.56. The van der Waals surface area contributed by atoms with Crippen LogP contribution in [-0.4, -0.2) is 30.1 Å². The summed E-state index contributed by atoms with van der Waals surface area (Å²) in [5.41, 5.74) is 1.38. The molecule has 1 amide bonds. The summed E-state index contributed by atoms with van der Waals surface area (Å²) in [6, 6.07) is 11.9. The summed E-state index contributed by atoms with van der Waals surface area (Å²) in [7, 11) is 0. The van der Waals surface area contributed by atoms with Crippen molar-refractivity contribution in [2.24, 2.45) is 0 Å². The average molecular weight is 372 g/mol. The number of benzene rings is 2. The third-order valence-electron chi connectivity index (χ3n) is 5.20. The Balaban J connectivity index is 1.85. The van der Waals surface area contributed by atoms with Gasteiger partial charge in [0.1, 0.15) is 11.6 Å². The number of piperidine rings is 1. The molecule has 1 aliphatic heterocycles. The topological polar surface area (TPSA) is 32.3 Å². The molecule has 1 N–H and O–H groups in total. The Bertz CT molecular complexity index is 694. The smallest absolute Gasteiger partial charge is 0.233 e. The van der Waals surface area contributed by atoms with Crippen LogP contribution < -0.4 is 5.32 Å². The molecule has 2 aromatic rings. The molecule has 3 nitrogen and oxygen atoms in total. The lowest BCUT2D eigenvalue weighted by Crippen LogP contribution is -2.50. The first-order chi connectivity index (χ1) is 13.1. The summed E-state index contributed by atoms with van der Waals surface area (Å²) in [5.74, 6) is -1.45. The molecule has 0 bridgehead atoms. The molecule has 1 unspecified atom stereocenters. The van der Waals surface area contributed by atoms with Crippen molar-refractivity contribution in [1.82, 2.24) is 10.2 Å². The van der Waals surface area contributed by atoms with Crippen LogP contribution in [0, 0.1) is 11.6 Å². The first-order valence-corrected chi connectivity index (χ1v) is 9.64. The van der Waals surface area contributed by atoms with Crippen molar-refractivity contribution >= 4 is 5.91 Å². The van der Waals surface area contributed by atoms with Crippen LogP contribution in [0.2, 0.25) is 0 Å². The van der Waals surface area contributed by atoms with E-state index < -0.39 is 5.92 Å². The lowest BCUT2D eigenvalue weighted by Gasteiger charge is -2.35. The Hall–Kier alpha value is -2.27. The monoisotopic (exact) mass is 372 g/mol. The zero-order chi connectivity index (χ0) is 19.2. The standard InChI is InChI=1S/C22H26F2N2O/c1-2-20(26-14-4-3-5-15-26)25-22(27)21(16-6-10-18(23)11-7-16)17-8-12-19(24)13-9-17/h6-13,20-21H,2-5,14-15H2,1H3,(H,25,27). The van der Waals surface area contributed by atoms with E-state index in [-0.39, 0.29) is 23.7 Å². The second kappa shape index (κ2) is 9.09. The SMILES string of the molecule is CCC(NC(=O)C(c1ccc(F)cc1)c1ccc(F)cc1)N1CCCCC1. The molecule has 0 saturated carbocycles. The van der Waals surface area contributed by atoms with Gasteiger partial charge in [-0.05, 0) is 54.7 Å². The molecule has 1 fully saturated rings. The highest BCUT2D eigenvalue weighted by atomic mass is 19.1. The van der Waals surface area contributed by atoms with Crippen LogP contribution in [0.1, 0.15) is 49.7 Å². The van der Waals surface area contributed by atoms with Crippen LogP contribution in [0.3, 0.4) is 0 Å².